The fourth-order valence-electron chi connectivity index (χ4n) is 2.28. The van der Waals surface area contributed by atoms with E-state index in [0.717, 1.165) is 5.92 Å². The molecule has 1 fully saturated rings. The van der Waals surface area contributed by atoms with Gasteiger partial charge in [0.25, 0.3) is 0 Å². The molecule has 1 heterocycles. The van der Waals surface area contributed by atoms with Gasteiger partial charge in [0, 0.05) is 25.3 Å². The van der Waals surface area contributed by atoms with Gasteiger partial charge in [-0.25, -0.2) is 0 Å². The van der Waals surface area contributed by atoms with Gasteiger partial charge in [-0.3, -0.25) is 0 Å². The monoisotopic (exact) mass is 234 g/mol. The minimum absolute atomic E-state index is 0.609. The molecule has 2 N–H and O–H groups in total. The zero-order chi connectivity index (χ0) is 12.5. The van der Waals surface area contributed by atoms with Crippen LogP contribution in [0.15, 0.2) is 36.1 Å². The largest absolute Gasteiger partial charge is 0.372 e. The number of piperidine rings is 1. The smallest absolute Gasteiger partial charge is 0.0362 e. The summed E-state index contributed by atoms with van der Waals surface area (Å²) in [4.78, 5) is 2.48. The van der Waals surface area contributed by atoms with E-state index in [0.29, 0.717) is 6.54 Å². The molecule has 1 rings (SSSR count). The fourth-order valence-corrected chi connectivity index (χ4v) is 2.28. The number of rotatable bonds is 5. The third-order valence-corrected chi connectivity index (χ3v) is 3.43. The van der Waals surface area contributed by atoms with Crippen molar-refractivity contribution in [2.24, 2.45) is 11.7 Å². The molecule has 0 spiro atoms. The molecule has 17 heavy (non-hydrogen) atoms. The molecule has 1 aliphatic heterocycles. The maximum Gasteiger partial charge on any atom is 0.0362 e. The molecule has 0 radical (unpaired) electrons. The lowest BCUT2D eigenvalue weighted by molar-refractivity contribution is 0.228. The van der Waals surface area contributed by atoms with Gasteiger partial charge in [-0.2, -0.15) is 0 Å². The third kappa shape index (κ3) is 4.78. The molecule has 0 bridgehead atoms. The average molecular weight is 234 g/mol. The summed E-state index contributed by atoms with van der Waals surface area (Å²) in [6.07, 6.45) is 14.5. The van der Waals surface area contributed by atoms with Crippen LogP contribution in [0.1, 0.15) is 33.1 Å². The highest BCUT2D eigenvalue weighted by atomic mass is 15.1. The van der Waals surface area contributed by atoms with Crippen LogP contribution in [0.3, 0.4) is 0 Å². The SMILES string of the molecule is C\C=C/C(=C\C=C\CN)N1CCC(CC)CC1. The first-order valence-corrected chi connectivity index (χ1v) is 6.76. The van der Waals surface area contributed by atoms with Gasteiger partial charge in [-0.15, -0.1) is 0 Å². The summed E-state index contributed by atoms with van der Waals surface area (Å²) in [5.74, 6) is 0.928. The van der Waals surface area contributed by atoms with E-state index in [1.807, 2.05) is 6.08 Å². The molecular formula is C15H26N2. The lowest BCUT2D eigenvalue weighted by Crippen LogP contribution is -2.32. The number of allylic oxidation sites excluding steroid dienone is 4. The summed E-state index contributed by atoms with van der Waals surface area (Å²) < 4.78 is 0. The van der Waals surface area contributed by atoms with Crippen LogP contribution in [-0.4, -0.2) is 24.5 Å². The van der Waals surface area contributed by atoms with Crippen LogP contribution in [0, 0.1) is 5.92 Å². The van der Waals surface area contributed by atoms with Crippen LogP contribution in [0.25, 0.3) is 0 Å². The van der Waals surface area contributed by atoms with Crippen molar-refractivity contribution < 1.29 is 0 Å². The molecule has 0 atom stereocenters. The molecule has 1 saturated heterocycles. The standard InChI is InChI=1S/C15H26N2/c1-3-7-15(8-5-6-11-16)17-12-9-14(4-2)10-13-17/h3,5-8,14H,4,9-13,16H2,1-2H3/b6-5+,7-3-,15-8+. The highest BCUT2D eigenvalue weighted by molar-refractivity contribution is 5.23. The Kier molecular flexibility index (Phi) is 6.71. The molecule has 96 valence electrons. The zero-order valence-corrected chi connectivity index (χ0v) is 11.2. The predicted molar refractivity (Wildman–Crippen MR) is 75.7 cm³/mol. The quantitative estimate of drug-likeness (QED) is 0.741. The molecule has 0 aromatic rings. The number of nitrogens with two attached hydrogens (primary N) is 1. The highest BCUT2D eigenvalue weighted by Crippen LogP contribution is 2.23. The van der Waals surface area contributed by atoms with Crippen molar-refractivity contribution in [1.82, 2.24) is 4.90 Å². The summed E-state index contributed by atoms with van der Waals surface area (Å²) in [5, 5.41) is 0. The lowest BCUT2D eigenvalue weighted by atomic mass is 9.94. The second-order valence-corrected chi connectivity index (χ2v) is 4.59. The van der Waals surface area contributed by atoms with Crippen molar-refractivity contribution in [3.8, 4) is 0 Å². The first kappa shape index (κ1) is 14.0. The van der Waals surface area contributed by atoms with E-state index in [4.69, 9.17) is 5.73 Å². The molecule has 0 aromatic heterocycles. The summed E-state index contributed by atoms with van der Waals surface area (Å²) >= 11 is 0. The molecule has 2 nitrogen and oxygen atoms in total. The Bertz CT molecular complexity index is 281. The molecule has 0 unspecified atom stereocenters. The third-order valence-electron chi connectivity index (χ3n) is 3.43. The van der Waals surface area contributed by atoms with Crippen molar-refractivity contribution in [3.05, 3.63) is 36.1 Å². The predicted octanol–water partition coefficient (Wildman–Crippen LogP) is 3.08. The summed E-state index contributed by atoms with van der Waals surface area (Å²) in [6.45, 7) is 7.35. The van der Waals surface area contributed by atoms with Crippen LogP contribution in [0.2, 0.25) is 0 Å². The van der Waals surface area contributed by atoms with Crippen molar-refractivity contribution in [2.45, 2.75) is 33.1 Å². The van der Waals surface area contributed by atoms with Crippen LogP contribution in [0.4, 0.5) is 0 Å². The molecule has 2 heteroatoms. The Balaban J connectivity index is 2.60. The van der Waals surface area contributed by atoms with Crippen LogP contribution < -0.4 is 5.73 Å². The van der Waals surface area contributed by atoms with E-state index in [1.165, 1.54) is 38.0 Å². The second-order valence-electron chi connectivity index (χ2n) is 4.59. The Labute approximate surface area is 106 Å². The molecule has 0 aliphatic carbocycles. The van der Waals surface area contributed by atoms with Crippen molar-refractivity contribution in [3.63, 3.8) is 0 Å². The topological polar surface area (TPSA) is 29.3 Å². The first-order chi connectivity index (χ1) is 8.31. The molecular weight excluding hydrogens is 208 g/mol. The van der Waals surface area contributed by atoms with E-state index >= 15 is 0 Å². The summed E-state index contributed by atoms with van der Waals surface area (Å²) in [7, 11) is 0. The van der Waals surface area contributed by atoms with Crippen LogP contribution >= 0.6 is 0 Å². The van der Waals surface area contributed by atoms with Crippen molar-refractivity contribution >= 4 is 0 Å². The van der Waals surface area contributed by atoms with E-state index in [2.05, 4.69) is 43.1 Å². The second kappa shape index (κ2) is 8.13. The van der Waals surface area contributed by atoms with Crippen LogP contribution in [-0.2, 0) is 0 Å². The van der Waals surface area contributed by atoms with Crippen molar-refractivity contribution in [1.29, 1.82) is 0 Å². The minimum atomic E-state index is 0.609. The van der Waals surface area contributed by atoms with Gasteiger partial charge < -0.3 is 10.6 Å². The molecule has 1 aliphatic rings. The minimum Gasteiger partial charge on any atom is -0.372 e. The van der Waals surface area contributed by atoms with Gasteiger partial charge in [-0.1, -0.05) is 31.6 Å². The maximum absolute atomic E-state index is 5.46. The maximum atomic E-state index is 5.46. The Morgan fingerprint density at radius 1 is 1.35 bits per heavy atom. The summed E-state index contributed by atoms with van der Waals surface area (Å²) in [5.41, 5.74) is 6.77. The van der Waals surface area contributed by atoms with E-state index in [9.17, 15) is 0 Å². The van der Waals surface area contributed by atoms with E-state index < -0.39 is 0 Å². The summed E-state index contributed by atoms with van der Waals surface area (Å²) in [6, 6.07) is 0. The molecule has 0 saturated carbocycles. The Morgan fingerprint density at radius 2 is 2.06 bits per heavy atom. The van der Waals surface area contributed by atoms with Gasteiger partial charge in [0.15, 0.2) is 0 Å². The molecule has 0 amide bonds. The zero-order valence-electron chi connectivity index (χ0n) is 11.2. The number of hydrogen-bond donors (Lipinski definition) is 1. The Hall–Kier alpha value is -1.02. The van der Waals surface area contributed by atoms with Crippen molar-refractivity contribution in [2.75, 3.05) is 19.6 Å². The normalized spacial score (nSPS) is 19.7. The lowest BCUT2D eigenvalue weighted by Gasteiger charge is -2.33. The van der Waals surface area contributed by atoms with Crippen LogP contribution in [0.5, 0.6) is 0 Å². The van der Waals surface area contributed by atoms with E-state index in [-0.39, 0.29) is 0 Å². The van der Waals surface area contributed by atoms with Gasteiger partial charge in [-0.05, 0) is 37.8 Å². The van der Waals surface area contributed by atoms with Gasteiger partial charge in [0.1, 0.15) is 0 Å². The Morgan fingerprint density at radius 3 is 2.59 bits per heavy atom. The number of likely N-dealkylation sites (tertiary alicyclic amines) is 1. The fraction of sp³-hybridized carbons (Fsp3) is 0.600. The first-order valence-electron chi connectivity index (χ1n) is 6.76. The van der Waals surface area contributed by atoms with Gasteiger partial charge >= 0.3 is 0 Å². The average Bonchev–Trinajstić information content (AvgIpc) is 2.38. The van der Waals surface area contributed by atoms with Gasteiger partial charge in [0.05, 0.1) is 0 Å². The molecule has 0 aromatic carbocycles. The number of nitrogens with zero attached hydrogens (tertiary/aromatic N) is 1. The number of hydrogen-bond acceptors (Lipinski definition) is 2. The van der Waals surface area contributed by atoms with E-state index in [1.54, 1.807) is 0 Å². The highest BCUT2D eigenvalue weighted by Gasteiger charge is 2.17. The van der Waals surface area contributed by atoms with Gasteiger partial charge in [0.2, 0.25) is 0 Å².